The van der Waals surface area contributed by atoms with E-state index in [1.54, 1.807) is 11.3 Å². The molecule has 0 aliphatic rings. The molecule has 2 heterocycles. The van der Waals surface area contributed by atoms with E-state index in [0.717, 1.165) is 27.6 Å². The maximum absolute atomic E-state index is 5.60. The highest BCUT2D eigenvalue weighted by Gasteiger charge is 2.13. The molecule has 1 aromatic carbocycles. The molecule has 0 fully saturated rings. The molecule has 0 spiro atoms. The highest BCUT2D eigenvalue weighted by molar-refractivity contribution is 7.09. The topological polar surface area (TPSA) is 56.7 Å². The van der Waals surface area contributed by atoms with Crippen LogP contribution < -0.4 is 5.73 Å². The van der Waals surface area contributed by atoms with Gasteiger partial charge in [0.25, 0.3) is 0 Å². The van der Waals surface area contributed by atoms with Crippen LogP contribution in [0, 0.1) is 6.92 Å². The van der Waals surface area contributed by atoms with Crippen LogP contribution in [0.1, 0.15) is 10.6 Å². The van der Waals surface area contributed by atoms with Gasteiger partial charge in [-0.05, 0) is 18.6 Å². The largest absolute Gasteiger partial charge is 0.326 e. The van der Waals surface area contributed by atoms with E-state index in [2.05, 4.69) is 27.5 Å². The molecular weight excluding hydrogens is 244 g/mol. The van der Waals surface area contributed by atoms with E-state index >= 15 is 0 Å². The number of nitrogens with two attached hydrogens (primary N) is 1. The molecule has 92 valence electrons. The van der Waals surface area contributed by atoms with Gasteiger partial charge in [-0.15, -0.1) is 11.3 Å². The van der Waals surface area contributed by atoms with Crippen LogP contribution in [0.2, 0.25) is 0 Å². The summed E-state index contributed by atoms with van der Waals surface area (Å²) in [4.78, 5) is 9.15. The summed E-state index contributed by atoms with van der Waals surface area (Å²) in [6.45, 7) is 2.58. The van der Waals surface area contributed by atoms with Gasteiger partial charge in [-0.1, -0.05) is 12.1 Å². The van der Waals surface area contributed by atoms with Gasteiger partial charge in [-0.2, -0.15) is 0 Å². The average molecular weight is 258 g/mol. The molecule has 3 rings (SSSR count). The molecule has 18 heavy (non-hydrogen) atoms. The van der Waals surface area contributed by atoms with Crippen LogP contribution in [0.3, 0.4) is 0 Å². The fourth-order valence-corrected chi connectivity index (χ4v) is 2.85. The molecular formula is C13H14N4S. The van der Waals surface area contributed by atoms with E-state index in [-0.39, 0.29) is 0 Å². The highest BCUT2D eigenvalue weighted by Crippen LogP contribution is 2.26. The summed E-state index contributed by atoms with van der Waals surface area (Å²) in [6, 6.07) is 6.16. The van der Waals surface area contributed by atoms with E-state index in [9.17, 15) is 0 Å². The van der Waals surface area contributed by atoms with Crippen LogP contribution >= 0.6 is 11.3 Å². The smallest absolute Gasteiger partial charge is 0.160 e. The minimum atomic E-state index is 0.480. The predicted molar refractivity (Wildman–Crippen MR) is 74.5 cm³/mol. The van der Waals surface area contributed by atoms with Crippen molar-refractivity contribution in [3.05, 3.63) is 34.2 Å². The zero-order valence-corrected chi connectivity index (χ0v) is 11.2. The molecule has 0 radical (unpaired) electrons. The molecule has 3 aromatic rings. The quantitative estimate of drug-likeness (QED) is 0.768. The molecule has 0 unspecified atom stereocenters. The molecule has 0 atom stereocenters. The summed E-state index contributed by atoms with van der Waals surface area (Å²) >= 11 is 1.58. The second kappa shape index (κ2) is 4.19. The summed E-state index contributed by atoms with van der Waals surface area (Å²) in [5.74, 6) is 0.898. The third-order valence-electron chi connectivity index (χ3n) is 3.05. The Morgan fingerprint density at radius 2 is 2.17 bits per heavy atom. The van der Waals surface area contributed by atoms with Gasteiger partial charge < -0.3 is 10.3 Å². The fraction of sp³-hybridized carbons (Fsp3) is 0.231. The first-order valence-electron chi connectivity index (χ1n) is 5.77. The van der Waals surface area contributed by atoms with Crippen LogP contribution in [-0.2, 0) is 13.6 Å². The molecule has 2 N–H and O–H groups in total. The average Bonchev–Trinajstić information content (AvgIpc) is 2.94. The van der Waals surface area contributed by atoms with Crippen molar-refractivity contribution < 1.29 is 0 Å². The Hall–Kier alpha value is -1.72. The Kier molecular flexibility index (Phi) is 2.65. The monoisotopic (exact) mass is 258 g/mol. The van der Waals surface area contributed by atoms with E-state index < -0.39 is 0 Å². The van der Waals surface area contributed by atoms with Crippen LogP contribution in [0.25, 0.3) is 22.6 Å². The van der Waals surface area contributed by atoms with E-state index in [0.29, 0.717) is 6.54 Å². The maximum atomic E-state index is 5.60. The van der Waals surface area contributed by atoms with E-state index in [4.69, 9.17) is 5.73 Å². The number of nitrogens with zero attached hydrogens (tertiary/aromatic N) is 3. The van der Waals surface area contributed by atoms with Crippen molar-refractivity contribution in [3.63, 3.8) is 0 Å². The lowest BCUT2D eigenvalue weighted by Crippen LogP contribution is -1.97. The maximum Gasteiger partial charge on any atom is 0.160 e. The van der Waals surface area contributed by atoms with Crippen molar-refractivity contribution in [2.24, 2.45) is 12.8 Å². The van der Waals surface area contributed by atoms with Gasteiger partial charge in [0.2, 0.25) is 0 Å². The number of aryl methyl sites for hydroxylation is 2. The molecule has 4 nitrogen and oxygen atoms in total. The van der Waals surface area contributed by atoms with Gasteiger partial charge in [-0.25, -0.2) is 9.97 Å². The Morgan fingerprint density at radius 3 is 2.83 bits per heavy atom. The zero-order valence-electron chi connectivity index (χ0n) is 10.3. The number of hydrogen-bond acceptors (Lipinski definition) is 4. The standard InChI is InChI=1S/C13H14N4S/c1-8-4-3-5-9-12(8)17(2)13(16-9)10-7-18-11(6-14)15-10/h3-5,7H,6,14H2,1-2H3. The third-order valence-corrected chi connectivity index (χ3v) is 3.92. The van der Waals surface area contributed by atoms with E-state index in [1.165, 1.54) is 5.56 Å². The van der Waals surface area contributed by atoms with Crippen molar-refractivity contribution in [1.82, 2.24) is 14.5 Å². The molecule has 0 aliphatic carbocycles. The van der Waals surface area contributed by atoms with Crippen molar-refractivity contribution in [1.29, 1.82) is 0 Å². The lowest BCUT2D eigenvalue weighted by atomic mass is 10.2. The van der Waals surface area contributed by atoms with E-state index in [1.807, 2.05) is 24.6 Å². The third kappa shape index (κ3) is 1.63. The van der Waals surface area contributed by atoms with Crippen LogP contribution in [0.15, 0.2) is 23.6 Å². The predicted octanol–water partition coefficient (Wildman–Crippen LogP) is 2.46. The number of hydrogen-bond donors (Lipinski definition) is 1. The molecule has 0 saturated heterocycles. The molecule has 0 bridgehead atoms. The summed E-state index contributed by atoms with van der Waals surface area (Å²) < 4.78 is 2.10. The highest BCUT2D eigenvalue weighted by atomic mass is 32.1. The number of aromatic nitrogens is 3. The Bertz CT molecular complexity index is 711. The summed E-state index contributed by atoms with van der Waals surface area (Å²) in [6.07, 6.45) is 0. The SMILES string of the molecule is Cc1cccc2nc(-c3csc(CN)n3)n(C)c12. The lowest BCUT2D eigenvalue weighted by molar-refractivity contribution is 0.943. The molecule has 0 aliphatic heterocycles. The number of thiazole rings is 1. The number of fused-ring (bicyclic) bond motifs is 1. The van der Waals surface area contributed by atoms with Crippen molar-refractivity contribution >= 4 is 22.4 Å². The first-order chi connectivity index (χ1) is 8.70. The van der Waals surface area contributed by atoms with Gasteiger partial charge in [0, 0.05) is 19.0 Å². The summed E-state index contributed by atoms with van der Waals surface area (Å²) in [5, 5.41) is 2.95. The minimum absolute atomic E-state index is 0.480. The van der Waals surface area contributed by atoms with Crippen molar-refractivity contribution in [3.8, 4) is 11.5 Å². The lowest BCUT2D eigenvalue weighted by Gasteiger charge is -2.01. The van der Waals surface area contributed by atoms with Crippen LogP contribution in [-0.4, -0.2) is 14.5 Å². The summed E-state index contributed by atoms with van der Waals surface area (Å²) in [5.41, 5.74) is 9.90. The second-order valence-corrected chi connectivity index (χ2v) is 5.21. The number of para-hydroxylation sites is 1. The Morgan fingerprint density at radius 1 is 1.33 bits per heavy atom. The number of rotatable bonds is 2. The summed E-state index contributed by atoms with van der Waals surface area (Å²) in [7, 11) is 2.03. The number of benzene rings is 1. The van der Waals surface area contributed by atoms with Crippen LogP contribution in [0.5, 0.6) is 0 Å². The normalized spacial score (nSPS) is 11.3. The van der Waals surface area contributed by atoms with Gasteiger partial charge in [0.1, 0.15) is 10.7 Å². The Labute approximate surface area is 109 Å². The first kappa shape index (κ1) is 11.4. The minimum Gasteiger partial charge on any atom is -0.326 e. The molecule has 2 aromatic heterocycles. The number of imidazole rings is 1. The van der Waals surface area contributed by atoms with Crippen molar-refractivity contribution in [2.75, 3.05) is 0 Å². The zero-order chi connectivity index (χ0) is 12.7. The molecule has 5 heteroatoms. The van der Waals surface area contributed by atoms with Gasteiger partial charge >= 0.3 is 0 Å². The molecule has 0 saturated carbocycles. The van der Waals surface area contributed by atoms with Crippen molar-refractivity contribution in [2.45, 2.75) is 13.5 Å². The fourth-order valence-electron chi connectivity index (χ4n) is 2.20. The first-order valence-corrected chi connectivity index (χ1v) is 6.65. The van der Waals surface area contributed by atoms with Gasteiger partial charge in [0.15, 0.2) is 5.82 Å². The van der Waals surface area contributed by atoms with Gasteiger partial charge in [0.05, 0.1) is 11.0 Å². The van der Waals surface area contributed by atoms with Crippen LogP contribution in [0.4, 0.5) is 0 Å². The molecule has 0 amide bonds. The van der Waals surface area contributed by atoms with Gasteiger partial charge in [-0.3, -0.25) is 0 Å². The Balaban J connectivity index is 2.23. The second-order valence-electron chi connectivity index (χ2n) is 4.27.